The Hall–Kier alpha value is -2.42. The van der Waals surface area contributed by atoms with E-state index in [1.54, 1.807) is 67.5 Å². The minimum absolute atomic E-state index is 0.0738. The average Bonchev–Trinajstić information content (AvgIpc) is 2.67. The zero-order valence-electron chi connectivity index (χ0n) is 15.2. The van der Waals surface area contributed by atoms with Crippen molar-refractivity contribution in [3.8, 4) is 5.75 Å². The van der Waals surface area contributed by atoms with Gasteiger partial charge in [-0.15, -0.1) is 0 Å². The molecular weight excluding hydrogens is 368 g/mol. The van der Waals surface area contributed by atoms with Gasteiger partial charge in [0.2, 0.25) is 10.0 Å². The first-order valence-corrected chi connectivity index (χ1v) is 10.0. The number of rotatable bonds is 6. The molecule has 1 fully saturated rings. The van der Waals surface area contributed by atoms with E-state index in [-0.39, 0.29) is 30.5 Å². The van der Waals surface area contributed by atoms with Crippen LogP contribution in [0.1, 0.15) is 5.56 Å². The van der Waals surface area contributed by atoms with Crippen LogP contribution in [0.5, 0.6) is 5.75 Å². The molecule has 8 heteroatoms. The molecule has 27 heavy (non-hydrogen) atoms. The lowest BCUT2D eigenvalue weighted by molar-refractivity contribution is -0.129. The topological polar surface area (TPSA) is 84.9 Å². The number of nitrogens with zero attached hydrogens (tertiary/aromatic N) is 1. The lowest BCUT2D eigenvalue weighted by atomic mass is 10.2. The average molecular weight is 390 g/mol. The smallest absolute Gasteiger partial charge is 0.253 e. The molecule has 3 rings (SSSR count). The second kappa shape index (κ2) is 8.08. The van der Waals surface area contributed by atoms with Crippen molar-refractivity contribution in [2.24, 2.45) is 0 Å². The van der Waals surface area contributed by atoms with Crippen LogP contribution in [0.15, 0.2) is 53.4 Å². The Bertz CT molecular complexity index is 929. The van der Waals surface area contributed by atoms with Crippen molar-refractivity contribution in [2.75, 3.05) is 31.7 Å². The van der Waals surface area contributed by atoms with E-state index >= 15 is 0 Å². The number of hydrogen-bond donors (Lipinski definition) is 1. The molecule has 1 aliphatic heterocycles. The number of hydrogen-bond acceptors (Lipinski definition) is 5. The maximum Gasteiger partial charge on any atom is 0.253 e. The molecule has 1 aliphatic rings. The zero-order valence-corrected chi connectivity index (χ0v) is 16.0. The van der Waals surface area contributed by atoms with E-state index < -0.39 is 16.1 Å². The molecule has 1 heterocycles. The third kappa shape index (κ3) is 4.47. The van der Waals surface area contributed by atoms with Gasteiger partial charge in [-0.1, -0.05) is 24.3 Å². The monoisotopic (exact) mass is 390 g/mol. The second-order valence-electron chi connectivity index (χ2n) is 6.26. The Morgan fingerprint density at radius 1 is 1.22 bits per heavy atom. The summed E-state index contributed by atoms with van der Waals surface area (Å²) in [6.45, 7) is 1.97. The van der Waals surface area contributed by atoms with E-state index in [0.29, 0.717) is 17.0 Å². The molecular formula is C19H22N2O5S. The van der Waals surface area contributed by atoms with Crippen LogP contribution in [-0.4, -0.2) is 47.2 Å². The first-order valence-electron chi connectivity index (χ1n) is 8.52. The van der Waals surface area contributed by atoms with E-state index in [1.165, 1.54) is 0 Å². The normalized spacial score (nSPS) is 17.8. The summed E-state index contributed by atoms with van der Waals surface area (Å²) in [4.78, 5) is 14.0. The highest BCUT2D eigenvalue weighted by Crippen LogP contribution is 2.23. The van der Waals surface area contributed by atoms with Crippen molar-refractivity contribution in [1.82, 2.24) is 4.72 Å². The van der Waals surface area contributed by atoms with Gasteiger partial charge < -0.3 is 14.4 Å². The quantitative estimate of drug-likeness (QED) is 0.812. The van der Waals surface area contributed by atoms with Gasteiger partial charge in [0.05, 0.1) is 24.7 Å². The molecule has 144 valence electrons. The van der Waals surface area contributed by atoms with Gasteiger partial charge in [-0.3, -0.25) is 4.79 Å². The molecule has 2 aromatic rings. The zero-order chi connectivity index (χ0) is 19.4. The highest BCUT2D eigenvalue weighted by molar-refractivity contribution is 7.89. The summed E-state index contributed by atoms with van der Waals surface area (Å²) in [5.74, 6) is 0.463. The van der Waals surface area contributed by atoms with Gasteiger partial charge in [-0.05, 0) is 30.7 Å². The highest BCUT2D eigenvalue weighted by atomic mass is 32.2. The van der Waals surface area contributed by atoms with Crippen LogP contribution in [0.2, 0.25) is 0 Å². The number of sulfonamides is 1. The number of carbonyl (C=O) groups is 1. The van der Waals surface area contributed by atoms with E-state index in [1.807, 2.05) is 0 Å². The lowest BCUT2D eigenvalue weighted by Crippen LogP contribution is -2.50. The van der Waals surface area contributed by atoms with Crippen molar-refractivity contribution in [2.45, 2.75) is 17.9 Å². The van der Waals surface area contributed by atoms with Crippen molar-refractivity contribution < 1.29 is 22.7 Å². The van der Waals surface area contributed by atoms with Crippen LogP contribution < -0.4 is 14.4 Å². The van der Waals surface area contributed by atoms with Crippen molar-refractivity contribution >= 4 is 21.6 Å². The fourth-order valence-corrected chi connectivity index (χ4v) is 4.23. The number of amides is 1. The van der Waals surface area contributed by atoms with E-state index in [2.05, 4.69) is 4.72 Å². The molecule has 0 aromatic heterocycles. The molecule has 7 nitrogen and oxygen atoms in total. The number of benzene rings is 2. The third-order valence-electron chi connectivity index (χ3n) is 4.38. The van der Waals surface area contributed by atoms with Gasteiger partial charge >= 0.3 is 0 Å². The summed E-state index contributed by atoms with van der Waals surface area (Å²) >= 11 is 0. The largest absolute Gasteiger partial charge is 0.497 e. The predicted molar refractivity (Wildman–Crippen MR) is 101 cm³/mol. The van der Waals surface area contributed by atoms with Crippen LogP contribution in [0.25, 0.3) is 0 Å². The Labute approximate surface area is 158 Å². The molecule has 2 aromatic carbocycles. The van der Waals surface area contributed by atoms with Crippen LogP contribution >= 0.6 is 0 Å². The van der Waals surface area contributed by atoms with Crippen molar-refractivity contribution in [3.05, 3.63) is 54.1 Å². The summed E-state index contributed by atoms with van der Waals surface area (Å²) < 4.78 is 38.4. The summed E-state index contributed by atoms with van der Waals surface area (Å²) in [6.07, 6.45) is -0.451. The Kier molecular flexibility index (Phi) is 5.79. The van der Waals surface area contributed by atoms with Gasteiger partial charge in [0.15, 0.2) is 0 Å². The second-order valence-corrected chi connectivity index (χ2v) is 7.99. The number of morpholine rings is 1. The molecule has 0 aliphatic carbocycles. The number of nitrogens with one attached hydrogen (secondary N) is 1. The van der Waals surface area contributed by atoms with Gasteiger partial charge in [-0.2, -0.15) is 0 Å². The van der Waals surface area contributed by atoms with Gasteiger partial charge in [0.1, 0.15) is 12.4 Å². The molecule has 0 spiro atoms. The van der Waals surface area contributed by atoms with E-state index in [4.69, 9.17) is 9.47 Å². The fraction of sp³-hybridized carbons (Fsp3) is 0.316. The molecule has 1 N–H and O–H groups in total. The minimum Gasteiger partial charge on any atom is -0.497 e. The summed E-state index contributed by atoms with van der Waals surface area (Å²) in [5.41, 5.74) is 1.36. The van der Waals surface area contributed by atoms with Crippen LogP contribution in [0.4, 0.5) is 5.69 Å². The molecule has 1 atom stereocenters. The Balaban J connectivity index is 1.69. The van der Waals surface area contributed by atoms with E-state index in [9.17, 15) is 13.2 Å². The summed E-state index contributed by atoms with van der Waals surface area (Å²) in [6, 6.07) is 13.9. The summed E-state index contributed by atoms with van der Waals surface area (Å²) in [5, 5.41) is 0. The molecule has 0 radical (unpaired) electrons. The first kappa shape index (κ1) is 19.3. The van der Waals surface area contributed by atoms with Gasteiger partial charge in [0, 0.05) is 18.3 Å². The maximum atomic E-state index is 12.5. The predicted octanol–water partition coefficient (Wildman–Crippen LogP) is 1.71. The standard InChI is InChI=1S/C19H22N2O5S/c1-14-6-3-4-9-18(14)27(23,24)20-11-17-12-21(19(22)13-26-17)15-7-5-8-16(10-15)25-2/h3-10,17,20H,11-13H2,1-2H3. The number of ether oxygens (including phenoxy) is 2. The van der Waals surface area contributed by atoms with Crippen molar-refractivity contribution in [3.63, 3.8) is 0 Å². The van der Waals surface area contributed by atoms with Crippen molar-refractivity contribution in [1.29, 1.82) is 0 Å². The number of aryl methyl sites for hydroxylation is 1. The molecule has 0 saturated carbocycles. The first-order chi connectivity index (χ1) is 12.9. The highest BCUT2D eigenvalue weighted by Gasteiger charge is 2.29. The summed E-state index contributed by atoms with van der Waals surface area (Å²) in [7, 11) is -2.09. The molecule has 1 saturated heterocycles. The molecule has 1 unspecified atom stereocenters. The maximum absolute atomic E-state index is 12.5. The van der Waals surface area contributed by atoms with E-state index in [0.717, 1.165) is 0 Å². The van der Waals surface area contributed by atoms with Crippen LogP contribution in [0.3, 0.4) is 0 Å². The van der Waals surface area contributed by atoms with Gasteiger partial charge in [0.25, 0.3) is 5.91 Å². The molecule has 1 amide bonds. The SMILES string of the molecule is COc1cccc(N2CC(CNS(=O)(=O)c3ccccc3C)OCC2=O)c1. The molecule has 0 bridgehead atoms. The number of carbonyl (C=O) groups excluding carboxylic acids is 1. The lowest BCUT2D eigenvalue weighted by Gasteiger charge is -2.33. The van der Waals surface area contributed by atoms with Crippen LogP contribution in [0, 0.1) is 6.92 Å². The van der Waals surface area contributed by atoms with Crippen LogP contribution in [-0.2, 0) is 19.6 Å². The fourth-order valence-electron chi connectivity index (χ4n) is 2.91. The number of methoxy groups -OCH3 is 1. The van der Waals surface area contributed by atoms with Gasteiger partial charge in [-0.25, -0.2) is 13.1 Å². The Morgan fingerprint density at radius 2 is 2.00 bits per heavy atom. The number of anilines is 1. The Morgan fingerprint density at radius 3 is 2.74 bits per heavy atom. The minimum atomic E-state index is -3.65. The third-order valence-corrected chi connectivity index (χ3v) is 5.96.